The molecule has 234 valence electrons. The van der Waals surface area contributed by atoms with Gasteiger partial charge in [0.05, 0.1) is 36.6 Å². The van der Waals surface area contributed by atoms with E-state index < -0.39 is 11.7 Å². The standard InChI is InChI=1S/C35H49N3O5/c1-23(9-7-17-34(2,43)22-39)29-15-16-30-24(10-8-18-35(29,30)3)19-31-28-20-27(40)14-13-25(28)21-36-32(41)37(33(42)38(31)36)26-11-5-4-6-12-26/h4-6,11-12,19,23,27,29-31,39-40,43H,7-10,13-18,20-22H2,1-3H3/b24-19+/t23-,27+,29-,30+,31?,34-,35-/m1/s1. The van der Waals surface area contributed by atoms with Gasteiger partial charge in [-0.3, -0.25) is 0 Å². The van der Waals surface area contributed by atoms with Gasteiger partial charge in [-0.2, -0.15) is 0 Å². The maximum absolute atomic E-state index is 14.0. The molecule has 6 rings (SSSR count). The number of allylic oxidation sites excluding steroid dienone is 3. The molecular weight excluding hydrogens is 542 g/mol. The smallest absolute Gasteiger partial charge is 0.352 e. The van der Waals surface area contributed by atoms with E-state index in [1.807, 2.05) is 18.2 Å². The number of hydrogen-bond donors (Lipinski definition) is 3. The molecule has 0 radical (unpaired) electrons. The summed E-state index contributed by atoms with van der Waals surface area (Å²) >= 11 is 0. The van der Waals surface area contributed by atoms with Crippen LogP contribution in [0.3, 0.4) is 0 Å². The van der Waals surface area contributed by atoms with E-state index in [9.17, 15) is 24.9 Å². The van der Waals surface area contributed by atoms with E-state index in [-0.39, 0.29) is 29.4 Å². The lowest BCUT2D eigenvalue weighted by atomic mass is 9.60. The molecule has 7 atom stereocenters. The Balaban J connectivity index is 1.35. The summed E-state index contributed by atoms with van der Waals surface area (Å²) in [7, 11) is 0. The van der Waals surface area contributed by atoms with Crippen LogP contribution >= 0.6 is 0 Å². The number of benzene rings is 1. The summed E-state index contributed by atoms with van der Waals surface area (Å²) in [6, 6.07) is 8.81. The predicted octanol–water partition coefficient (Wildman–Crippen LogP) is 4.89. The molecule has 8 nitrogen and oxygen atoms in total. The van der Waals surface area contributed by atoms with Gasteiger partial charge in [-0.05, 0) is 111 Å². The Morgan fingerprint density at radius 1 is 1.12 bits per heavy atom. The third-order valence-electron chi connectivity index (χ3n) is 11.5. The molecule has 3 aliphatic carbocycles. The second-order valence-corrected chi connectivity index (χ2v) is 14.5. The van der Waals surface area contributed by atoms with Gasteiger partial charge >= 0.3 is 11.4 Å². The van der Waals surface area contributed by atoms with Crippen LogP contribution in [-0.2, 0) is 6.54 Å². The zero-order valence-electron chi connectivity index (χ0n) is 26.0. The number of fused-ring (bicyclic) bond motifs is 2. The van der Waals surface area contributed by atoms with Gasteiger partial charge in [0.25, 0.3) is 0 Å². The molecule has 3 N–H and O–H groups in total. The fraction of sp³-hybridized carbons (Fsp3) is 0.657. The normalized spacial score (nSPS) is 31.8. The van der Waals surface area contributed by atoms with Crippen LogP contribution in [0.5, 0.6) is 0 Å². The molecule has 1 aromatic carbocycles. The fourth-order valence-electron chi connectivity index (χ4n) is 9.22. The van der Waals surface area contributed by atoms with Crippen molar-refractivity contribution in [3.8, 4) is 5.69 Å². The maximum atomic E-state index is 14.0. The summed E-state index contributed by atoms with van der Waals surface area (Å²) in [5.41, 5.74) is 2.82. The molecule has 43 heavy (non-hydrogen) atoms. The van der Waals surface area contributed by atoms with Crippen molar-refractivity contribution in [3.05, 3.63) is 74.1 Å². The Morgan fingerprint density at radius 3 is 2.63 bits per heavy atom. The number of aromatic nitrogens is 3. The average Bonchev–Trinajstić information content (AvgIpc) is 3.47. The highest BCUT2D eigenvalue weighted by Gasteiger charge is 2.51. The van der Waals surface area contributed by atoms with E-state index in [2.05, 4.69) is 19.9 Å². The third-order valence-corrected chi connectivity index (χ3v) is 11.5. The highest BCUT2D eigenvalue weighted by Crippen LogP contribution is 2.60. The molecule has 8 heteroatoms. The van der Waals surface area contributed by atoms with Gasteiger partial charge in [0.1, 0.15) is 0 Å². The first-order valence-corrected chi connectivity index (χ1v) is 16.5. The maximum Gasteiger partial charge on any atom is 0.352 e. The molecule has 1 aliphatic heterocycles. The minimum atomic E-state index is -1.01. The first kappa shape index (κ1) is 30.4. The average molecular weight is 592 g/mol. The molecule has 2 fully saturated rings. The molecule has 0 bridgehead atoms. The van der Waals surface area contributed by atoms with E-state index in [1.165, 1.54) is 28.6 Å². The van der Waals surface area contributed by atoms with Crippen molar-refractivity contribution in [1.82, 2.24) is 13.9 Å². The largest absolute Gasteiger partial charge is 0.393 e. The second kappa shape index (κ2) is 11.7. The summed E-state index contributed by atoms with van der Waals surface area (Å²) in [6.45, 7) is 6.72. The van der Waals surface area contributed by atoms with Crippen LogP contribution in [0.15, 0.2) is 62.7 Å². The highest BCUT2D eigenvalue weighted by molar-refractivity contribution is 5.35. The van der Waals surface area contributed by atoms with Crippen molar-refractivity contribution < 1.29 is 15.3 Å². The summed E-state index contributed by atoms with van der Waals surface area (Å²) < 4.78 is 4.61. The molecule has 1 unspecified atom stereocenters. The van der Waals surface area contributed by atoms with Crippen molar-refractivity contribution in [2.24, 2.45) is 23.2 Å². The van der Waals surface area contributed by atoms with Gasteiger partial charge in [0.15, 0.2) is 0 Å². The summed E-state index contributed by atoms with van der Waals surface area (Å²) in [6.07, 6.45) is 12.0. The van der Waals surface area contributed by atoms with Crippen LogP contribution < -0.4 is 11.4 Å². The van der Waals surface area contributed by atoms with Crippen LogP contribution in [0.25, 0.3) is 5.69 Å². The van der Waals surface area contributed by atoms with Gasteiger partial charge in [-0.25, -0.2) is 23.5 Å². The van der Waals surface area contributed by atoms with Gasteiger partial charge in [-0.15, -0.1) is 0 Å². The van der Waals surface area contributed by atoms with E-state index >= 15 is 0 Å². The lowest BCUT2D eigenvalue weighted by Gasteiger charge is -2.45. The number of hydrogen-bond acceptors (Lipinski definition) is 5. The van der Waals surface area contributed by atoms with Crippen LogP contribution in [0.2, 0.25) is 0 Å². The minimum absolute atomic E-state index is 0.168. The van der Waals surface area contributed by atoms with Crippen molar-refractivity contribution >= 4 is 0 Å². The lowest BCUT2D eigenvalue weighted by Crippen LogP contribution is -2.39. The van der Waals surface area contributed by atoms with E-state index in [0.29, 0.717) is 49.2 Å². The molecule has 0 saturated heterocycles. The second-order valence-electron chi connectivity index (χ2n) is 14.5. The Labute approximate surface area is 254 Å². The Kier molecular flexibility index (Phi) is 8.24. The number of aliphatic hydroxyl groups excluding tert-OH is 2. The monoisotopic (exact) mass is 591 g/mol. The fourth-order valence-corrected chi connectivity index (χ4v) is 9.22. The topological polar surface area (TPSA) is 110 Å². The number of rotatable bonds is 8. The Morgan fingerprint density at radius 2 is 1.88 bits per heavy atom. The first-order valence-electron chi connectivity index (χ1n) is 16.5. The van der Waals surface area contributed by atoms with Gasteiger partial charge in [-0.1, -0.05) is 56.5 Å². The quantitative estimate of drug-likeness (QED) is 0.379. The first-order chi connectivity index (χ1) is 20.5. The molecule has 2 saturated carbocycles. The third kappa shape index (κ3) is 5.44. The van der Waals surface area contributed by atoms with Crippen LogP contribution in [-0.4, -0.2) is 47.6 Å². The number of aliphatic hydroxyl groups is 3. The van der Waals surface area contributed by atoms with Crippen LogP contribution in [0, 0.1) is 23.2 Å². The van der Waals surface area contributed by atoms with Crippen molar-refractivity contribution in [1.29, 1.82) is 0 Å². The van der Waals surface area contributed by atoms with E-state index in [4.69, 9.17) is 0 Å². The molecule has 2 aromatic rings. The molecular formula is C35H49N3O5. The molecule has 4 aliphatic rings. The molecule has 1 aromatic heterocycles. The summed E-state index contributed by atoms with van der Waals surface area (Å²) in [5, 5.41) is 30.4. The zero-order chi connectivity index (χ0) is 30.5. The number of para-hydroxylation sites is 1. The highest BCUT2D eigenvalue weighted by atomic mass is 16.3. The van der Waals surface area contributed by atoms with E-state index in [0.717, 1.165) is 44.1 Å². The lowest BCUT2D eigenvalue weighted by molar-refractivity contribution is -0.00891. The Hall–Kier alpha value is -2.68. The molecule has 2 heterocycles. The van der Waals surface area contributed by atoms with Crippen molar-refractivity contribution in [3.63, 3.8) is 0 Å². The molecule has 0 amide bonds. The van der Waals surface area contributed by atoms with E-state index in [1.54, 1.807) is 28.4 Å². The van der Waals surface area contributed by atoms with Crippen LogP contribution in [0.1, 0.15) is 97.4 Å². The summed E-state index contributed by atoms with van der Waals surface area (Å²) in [4.78, 5) is 27.7. The summed E-state index contributed by atoms with van der Waals surface area (Å²) in [5.74, 6) is 1.54. The van der Waals surface area contributed by atoms with Crippen LogP contribution in [0.4, 0.5) is 0 Å². The van der Waals surface area contributed by atoms with Gasteiger partial charge in [0.2, 0.25) is 0 Å². The van der Waals surface area contributed by atoms with Gasteiger partial charge in [0, 0.05) is 0 Å². The van der Waals surface area contributed by atoms with Gasteiger partial charge < -0.3 is 15.3 Å². The van der Waals surface area contributed by atoms with Crippen molar-refractivity contribution in [2.75, 3.05) is 6.61 Å². The minimum Gasteiger partial charge on any atom is -0.393 e. The zero-order valence-corrected chi connectivity index (χ0v) is 26.0. The molecule has 0 spiro atoms. The predicted molar refractivity (Wildman–Crippen MR) is 167 cm³/mol. The SMILES string of the molecule is C[C@H](CCC[C@@](C)(O)CO)[C@H]1CC[C@H]2/C(=C/C3C4=C(CC[C@H](O)C4)Cn4c(=O)n(-c5ccccc5)c(=O)n43)CCC[C@]12C. The van der Waals surface area contributed by atoms with Crippen molar-refractivity contribution in [2.45, 2.75) is 116 Å². The Bertz CT molecular complexity index is 1510. The number of nitrogens with zero attached hydrogens (tertiary/aromatic N) is 3.